The van der Waals surface area contributed by atoms with Crippen molar-refractivity contribution in [3.63, 3.8) is 0 Å². The summed E-state index contributed by atoms with van der Waals surface area (Å²) in [7, 11) is 0. The van der Waals surface area contributed by atoms with Gasteiger partial charge in [0.05, 0.1) is 17.4 Å². The number of rotatable bonds is 5. The van der Waals surface area contributed by atoms with E-state index in [1.807, 2.05) is 12.2 Å². The molecule has 0 radical (unpaired) electrons. The predicted octanol–water partition coefficient (Wildman–Crippen LogP) is 4.15. The smallest absolute Gasteiger partial charge is 0.307 e. The summed E-state index contributed by atoms with van der Waals surface area (Å²) in [5.74, 6) is -2.62. The largest absolute Gasteiger partial charge is 0.481 e. The fraction of sp³-hybridized carbons (Fsp3) is 0.625. The van der Waals surface area contributed by atoms with E-state index < -0.39 is 17.8 Å². The molecule has 5 aliphatic rings. The van der Waals surface area contributed by atoms with Crippen molar-refractivity contribution in [3.8, 4) is 0 Å². The van der Waals surface area contributed by atoms with Crippen LogP contribution in [0.3, 0.4) is 0 Å². The molecule has 3 N–H and O–H groups in total. The molecular weight excluding hydrogens is 412 g/mol. The van der Waals surface area contributed by atoms with Gasteiger partial charge in [-0.3, -0.25) is 14.4 Å². The van der Waals surface area contributed by atoms with E-state index in [-0.39, 0.29) is 29.7 Å². The van der Waals surface area contributed by atoms with Crippen molar-refractivity contribution in [2.45, 2.75) is 70.3 Å². The minimum Gasteiger partial charge on any atom is -0.481 e. The molecule has 1 aromatic rings. The van der Waals surface area contributed by atoms with Gasteiger partial charge in [0, 0.05) is 10.9 Å². The van der Waals surface area contributed by atoms with Gasteiger partial charge in [0.15, 0.2) is 0 Å². The summed E-state index contributed by atoms with van der Waals surface area (Å²) in [6.45, 7) is 0. The molecule has 0 unspecified atom stereocenters. The monoisotopic (exact) mass is 442 g/mol. The maximum atomic E-state index is 13.4. The summed E-state index contributed by atoms with van der Waals surface area (Å²) in [5, 5.41) is 16.6. The SMILES string of the molecule is O=C(NC1CCCC1)c1c(NC(=O)[C@@H]2[C@H](C(=O)O)[C@@H]3C=C[C@H]2CC3)sc2c1CCCC2. The number of amides is 2. The molecule has 2 saturated carbocycles. The minimum atomic E-state index is -0.899. The van der Waals surface area contributed by atoms with Crippen LogP contribution in [0.5, 0.6) is 0 Å². The Hall–Kier alpha value is -2.15. The Morgan fingerprint density at radius 2 is 1.58 bits per heavy atom. The number of anilines is 1. The Bertz CT molecular complexity index is 930. The molecule has 1 aromatic heterocycles. The van der Waals surface area contributed by atoms with E-state index in [0.29, 0.717) is 10.6 Å². The average Bonchev–Trinajstić information content (AvgIpc) is 3.40. The molecule has 1 heterocycles. The number of carboxylic acid groups (broad SMARTS) is 1. The molecular formula is C24H30N2O4S. The quantitative estimate of drug-likeness (QED) is 0.597. The van der Waals surface area contributed by atoms with Crippen LogP contribution < -0.4 is 10.6 Å². The van der Waals surface area contributed by atoms with Gasteiger partial charge in [0.2, 0.25) is 5.91 Å². The summed E-state index contributed by atoms with van der Waals surface area (Å²) in [4.78, 5) is 39.8. The summed E-state index contributed by atoms with van der Waals surface area (Å²) in [6, 6.07) is 0.214. The van der Waals surface area contributed by atoms with Crippen molar-refractivity contribution in [2.75, 3.05) is 5.32 Å². The Morgan fingerprint density at radius 1 is 0.903 bits per heavy atom. The van der Waals surface area contributed by atoms with E-state index in [1.54, 1.807) is 0 Å². The summed E-state index contributed by atoms with van der Waals surface area (Å²) >= 11 is 1.51. The van der Waals surface area contributed by atoms with Crippen molar-refractivity contribution in [3.05, 3.63) is 28.2 Å². The molecule has 0 spiro atoms. The number of fused-ring (bicyclic) bond motifs is 3. The van der Waals surface area contributed by atoms with Crippen LogP contribution in [-0.2, 0) is 22.4 Å². The third-order valence-electron chi connectivity index (χ3n) is 7.66. The summed E-state index contributed by atoms with van der Waals surface area (Å²) < 4.78 is 0. The highest BCUT2D eigenvalue weighted by molar-refractivity contribution is 7.17. The van der Waals surface area contributed by atoms with Crippen LogP contribution >= 0.6 is 11.3 Å². The summed E-state index contributed by atoms with van der Waals surface area (Å²) in [6.07, 6.45) is 13.9. The standard InChI is InChI=1S/C24H30N2O4S/c27-21(18-13-9-11-14(12-10-13)19(18)24(29)30)26-23-20(16-7-3-4-8-17(16)31-23)22(28)25-15-5-1-2-6-15/h9,11,13-15,18-19H,1-8,10,12H2,(H,25,28)(H,26,27)(H,29,30)/t13-,14+,18-,19+/m0/s1. The first-order chi connectivity index (χ1) is 15.0. The lowest BCUT2D eigenvalue weighted by atomic mass is 9.62. The van der Waals surface area contributed by atoms with Crippen molar-refractivity contribution < 1.29 is 19.5 Å². The van der Waals surface area contributed by atoms with E-state index in [9.17, 15) is 19.5 Å². The molecule has 0 saturated heterocycles. The Labute approximate surface area is 186 Å². The number of hydrogen-bond acceptors (Lipinski definition) is 4. The van der Waals surface area contributed by atoms with Gasteiger partial charge in [-0.05, 0) is 68.8 Å². The Balaban J connectivity index is 1.42. The van der Waals surface area contributed by atoms with Crippen LogP contribution in [0.25, 0.3) is 0 Å². The molecule has 7 heteroatoms. The second-order valence-electron chi connectivity index (χ2n) is 9.54. The molecule has 4 atom stereocenters. The number of hydrogen-bond donors (Lipinski definition) is 3. The lowest BCUT2D eigenvalue weighted by Gasteiger charge is -2.41. The molecule has 0 aromatic carbocycles. The first kappa shape index (κ1) is 20.7. The number of nitrogens with one attached hydrogen (secondary N) is 2. The van der Waals surface area contributed by atoms with Crippen LogP contribution in [0.4, 0.5) is 5.00 Å². The lowest BCUT2D eigenvalue weighted by Crippen LogP contribution is -2.47. The minimum absolute atomic E-state index is 0.0450. The molecule has 0 aliphatic heterocycles. The van der Waals surface area contributed by atoms with E-state index in [0.717, 1.165) is 69.8 Å². The molecule has 166 valence electrons. The average molecular weight is 443 g/mol. The van der Waals surface area contributed by atoms with Crippen molar-refractivity contribution in [1.82, 2.24) is 5.32 Å². The third kappa shape index (κ3) is 3.81. The number of carboxylic acids is 1. The first-order valence-corrected chi connectivity index (χ1v) is 12.5. The van der Waals surface area contributed by atoms with E-state index in [1.165, 1.54) is 16.2 Å². The van der Waals surface area contributed by atoms with Crippen molar-refractivity contribution in [2.24, 2.45) is 23.7 Å². The topological polar surface area (TPSA) is 95.5 Å². The van der Waals surface area contributed by atoms with Crippen molar-refractivity contribution >= 4 is 34.1 Å². The van der Waals surface area contributed by atoms with E-state index >= 15 is 0 Å². The molecule has 5 aliphatic carbocycles. The maximum absolute atomic E-state index is 13.4. The lowest BCUT2D eigenvalue weighted by molar-refractivity contribution is -0.151. The highest BCUT2D eigenvalue weighted by Crippen LogP contribution is 2.46. The number of carbonyl (C=O) groups excluding carboxylic acids is 2. The maximum Gasteiger partial charge on any atom is 0.307 e. The molecule has 2 fully saturated rings. The van der Waals surface area contributed by atoms with Gasteiger partial charge in [-0.2, -0.15) is 0 Å². The zero-order valence-corrected chi connectivity index (χ0v) is 18.5. The van der Waals surface area contributed by atoms with Crippen LogP contribution in [0, 0.1) is 23.7 Å². The van der Waals surface area contributed by atoms with Crippen LogP contribution in [0.1, 0.15) is 72.2 Å². The van der Waals surface area contributed by atoms with Gasteiger partial charge in [-0.25, -0.2) is 0 Å². The van der Waals surface area contributed by atoms with Gasteiger partial charge in [0.1, 0.15) is 5.00 Å². The van der Waals surface area contributed by atoms with Crippen LogP contribution in [-0.4, -0.2) is 28.9 Å². The zero-order valence-electron chi connectivity index (χ0n) is 17.7. The summed E-state index contributed by atoms with van der Waals surface area (Å²) in [5.41, 5.74) is 1.71. The van der Waals surface area contributed by atoms with E-state index in [2.05, 4.69) is 10.6 Å². The Kier molecular flexibility index (Phi) is 5.63. The first-order valence-electron chi connectivity index (χ1n) is 11.7. The zero-order chi connectivity index (χ0) is 21.5. The fourth-order valence-corrected chi connectivity index (χ4v) is 7.39. The van der Waals surface area contributed by atoms with Crippen LogP contribution in [0.2, 0.25) is 0 Å². The van der Waals surface area contributed by atoms with Gasteiger partial charge >= 0.3 is 5.97 Å². The predicted molar refractivity (Wildman–Crippen MR) is 119 cm³/mol. The number of aryl methyl sites for hydroxylation is 1. The van der Waals surface area contributed by atoms with E-state index in [4.69, 9.17) is 0 Å². The third-order valence-corrected chi connectivity index (χ3v) is 8.87. The number of carbonyl (C=O) groups is 3. The van der Waals surface area contributed by atoms with Gasteiger partial charge in [-0.1, -0.05) is 25.0 Å². The molecule has 2 amide bonds. The molecule has 6 rings (SSSR count). The normalized spacial score (nSPS) is 29.5. The van der Waals surface area contributed by atoms with Gasteiger partial charge in [-0.15, -0.1) is 11.3 Å². The molecule has 6 nitrogen and oxygen atoms in total. The van der Waals surface area contributed by atoms with Gasteiger partial charge in [0.25, 0.3) is 5.91 Å². The highest BCUT2D eigenvalue weighted by Gasteiger charge is 2.48. The Morgan fingerprint density at radius 3 is 2.26 bits per heavy atom. The van der Waals surface area contributed by atoms with Crippen molar-refractivity contribution in [1.29, 1.82) is 0 Å². The molecule has 31 heavy (non-hydrogen) atoms. The van der Waals surface area contributed by atoms with Gasteiger partial charge < -0.3 is 15.7 Å². The number of allylic oxidation sites excluding steroid dienone is 2. The molecule has 2 bridgehead atoms. The number of thiophene rings is 1. The fourth-order valence-electron chi connectivity index (χ4n) is 6.11. The number of aliphatic carboxylic acids is 1. The second-order valence-corrected chi connectivity index (χ2v) is 10.6. The highest BCUT2D eigenvalue weighted by atomic mass is 32.1. The second kappa shape index (κ2) is 8.41. The van der Waals surface area contributed by atoms with Crippen LogP contribution in [0.15, 0.2) is 12.2 Å².